The first-order valence-electron chi connectivity index (χ1n) is 6.53. The molecule has 0 bridgehead atoms. The highest BCUT2D eigenvalue weighted by Crippen LogP contribution is 2.20. The van der Waals surface area contributed by atoms with Gasteiger partial charge in [0.1, 0.15) is 5.82 Å². The minimum atomic E-state index is -0.168. The Morgan fingerprint density at radius 3 is 2.72 bits per heavy atom. The van der Waals surface area contributed by atoms with Crippen LogP contribution in [0.5, 0.6) is 0 Å². The summed E-state index contributed by atoms with van der Waals surface area (Å²) in [5.41, 5.74) is 0.608. The Bertz CT molecular complexity index is 365. The number of para-hydroxylation sites is 1. The quantitative estimate of drug-likeness (QED) is 0.883. The second-order valence-corrected chi connectivity index (χ2v) is 5.82. The molecule has 1 aliphatic heterocycles. The van der Waals surface area contributed by atoms with Gasteiger partial charge in [-0.15, -0.1) is 0 Å². The molecule has 0 amide bonds. The molecule has 4 heteroatoms. The maximum absolute atomic E-state index is 13.4. The molecule has 1 saturated heterocycles. The SMILES string of the molecule is CSC1CCN(CCNc2ccccc2F)CC1. The van der Waals surface area contributed by atoms with Gasteiger partial charge < -0.3 is 10.2 Å². The van der Waals surface area contributed by atoms with E-state index in [9.17, 15) is 4.39 Å². The second-order valence-electron chi connectivity index (χ2n) is 4.68. The number of likely N-dealkylation sites (tertiary alicyclic amines) is 1. The van der Waals surface area contributed by atoms with Crippen LogP contribution in [0.4, 0.5) is 10.1 Å². The summed E-state index contributed by atoms with van der Waals surface area (Å²) in [6.45, 7) is 4.15. The molecule has 0 saturated carbocycles. The molecule has 0 radical (unpaired) electrons. The zero-order chi connectivity index (χ0) is 12.8. The van der Waals surface area contributed by atoms with Crippen LogP contribution < -0.4 is 5.32 Å². The molecule has 1 heterocycles. The number of nitrogens with one attached hydrogen (secondary N) is 1. The largest absolute Gasteiger partial charge is 0.381 e. The van der Waals surface area contributed by atoms with Crippen molar-refractivity contribution in [3.05, 3.63) is 30.1 Å². The molecular formula is C14H21FN2S. The molecule has 1 aromatic carbocycles. The molecule has 2 rings (SSSR count). The number of thioether (sulfide) groups is 1. The van der Waals surface area contributed by atoms with Crippen molar-refractivity contribution in [3.63, 3.8) is 0 Å². The Labute approximate surface area is 113 Å². The maximum atomic E-state index is 13.4. The summed E-state index contributed by atoms with van der Waals surface area (Å²) < 4.78 is 13.4. The van der Waals surface area contributed by atoms with Crippen molar-refractivity contribution in [2.75, 3.05) is 37.8 Å². The van der Waals surface area contributed by atoms with Crippen LogP contribution >= 0.6 is 11.8 Å². The molecule has 0 atom stereocenters. The standard InChI is InChI=1S/C14H21FN2S/c1-18-12-6-9-17(10-7-12)11-8-16-14-5-3-2-4-13(14)15/h2-5,12,16H,6-11H2,1H3. The van der Waals surface area contributed by atoms with Gasteiger partial charge in [-0.3, -0.25) is 0 Å². The van der Waals surface area contributed by atoms with Crippen molar-refractivity contribution >= 4 is 17.4 Å². The summed E-state index contributed by atoms with van der Waals surface area (Å²) in [6.07, 6.45) is 4.75. The third-order valence-electron chi connectivity index (χ3n) is 3.49. The first-order valence-corrected chi connectivity index (χ1v) is 7.82. The molecule has 2 nitrogen and oxygen atoms in total. The Morgan fingerprint density at radius 2 is 2.06 bits per heavy atom. The summed E-state index contributed by atoms with van der Waals surface area (Å²) in [4.78, 5) is 2.46. The van der Waals surface area contributed by atoms with Crippen LogP contribution in [-0.2, 0) is 0 Å². The van der Waals surface area contributed by atoms with E-state index in [1.54, 1.807) is 12.1 Å². The highest BCUT2D eigenvalue weighted by molar-refractivity contribution is 7.99. The minimum Gasteiger partial charge on any atom is -0.381 e. The molecule has 0 spiro atoms. The van der Waals surface area contributed by atoms with Crippen molar-refractivity contribution < 1.29 is 4.39 Å². The highest BCUT2D eigenvalue weighted by atomic mass is 32.2. The number of benzene rings is 1. The van der Waals surface area contributed by atoms with Gasteiger partial charge in [-0.25, -0.2) is 4.39 Å². The van der Waals surface area contributed by atoms with E-state index in [2.05, 4.69) is 16.5 Å². The summed E-state index contributed by atoms with van der Waals surface area (Å²) in [7, 11) is 0. The monoisotopic (exact) mass is 268 g/mol. The molecule has 0 aliphatic carbocycles. The first-order chi connectivity index (χ1) is 8.79. The van der Waals surface area contributed by atoms with E-state index in [0.717, 1.165) is 18.3 Å². The highest BCUT2D eigenvalue weighted by Gasteiger charge is 2.17. The lowest BCUT2D eigenvalue weighted by Gasteiger charge is -2.31. The maximum Gasteiger partial charge on any atom is 0.146 e. The molecule has 1 aromatic rings. The lowest BCUT2D eigenvalue weighted by Crippen LogP contribution is -2.37. The predicted molar refractivity (Wildman–Crippen MR) is 77.9 cm³/mol. The lowest BCUT2D eigenvalue weighted by atomic mass is 10.1. The first kappa shape index (κ1) is 13.7. The summed E-state index contributed by atoms with van der Waals surface area (Å²) in [5, 5.41) is 4.00. The summed E-state index contributed by atoms with van der Waals surface area (Å²) in [5.74, 6) is -0.168. The van der Waals surface area contributed by atoms with E-state index in [1.165, 1.54) is 32.0 Å². The van der Waals surface area contributed by atoms with E-state index in [-0.39, 0.29) is 5.82 Å². The number of hydrogen-bond donors (Lipinski definition) is 1. The average Bonchev–Trinajstić information content (AvgIpc) is 2.42. The number of hydrogen-bond acceptors (Lipinski definition) is 3. The Hall–Kier alpha value is -0.740. The fourth-order valence-electron chi connectivity index (χ4n) is 2.32. The molecule has 0 aromatic heterocycles. The van der Waals surface area contributed by atoms with Crippen LogP contribution in [0.2, 0.25) is 0 Å². The van der Waals surface area contributed by atoms with Crippen LogP contribution in [-0.4, -0.2) is 42.6 Å². The average molecular weight is 268 g/mol. The van der Waals surface area contributed by atoms with Crippen LogP contribution in [0, 0.1) is 5.82 Å². The molecule has 1 aliphatic rings. The molecule has 1 N–H and O–H groups in total. The summed E-state index contributed by atoms with van der Waals surface area (Å²) in [6, 6.07) is 6.85. The van der Waals surface area contributed by atoms with Crippen LogP contribution in [0.15, 0.2) is 24.3 Å². The number of piperidine rings is 1. The van der Waals surface area contributed by atoms with Gasteiger partial charge in [0.2, 0.25) is 0 Å². The van der Waals surface area contributed by atoms with E-state index in [4.69, 9.17) is 0 Å². The smallest absolute Gasteiger partial charge is 0.146 e. The molecule has 18 heavy (non-hydrogen) atoms. The van der Waals surface area contributed by atoms with Gasteiger partial charge in [-0.1, -0.05) is 12.1 Å². The van der Waals surface area contributed by atoms with E-state index >= 15 is 0 Å². The zero-order valence-corrected chi connectivity index (χ0v) is 11.7. The molecule has 1 fully saturated rings. The van der Waals surface area contributed by atoms with Crippen molar-refractivity contribution in [2.45, 2.75) is 18.1 Å². The Balaban J connectivity index is 1.69. The fraction of sp³-hybridized carbons (Fsp3) is 0.571. The van der Waals surface area contributed by atoms with Gasteiger partial charge in [0, 0.05) is 18.3 Å². The number of anilines is 1. The number of nitrogens with zero attached hydrogens (tertiary/aromatic N) is 1. The Morgan fingerprint density at radius 1 is 1.33 bits per heavy atom. The van der Waals surface area contributed by atoms with Gasteiger partial charge in [-0.05, 0) is 44.3 Å². The van der Waals surface area contributed by atoms with Gasteiger partial charge >= 0.3 is 0 Å². The van der Waals surface area contributed by atoms with Crippen molar-refractivity contribution in [3.8, 4) is 0 Å². The third-order valence-corrected chi connectivity index (χ3v) is 4.62. The molecule has 0 unspecified atom stereocenters. The van der Waals surface area contributed by atoms with Gasteiger partial charge in [-0.2, -0.15) is 11.8 Å². The van der Waals surface area contributed by atoms with Crippen LogP contribution in [0.25, 0.3) is 0 Å². The number of halogens is 1. The van der Waals surface area contributed by atoms with E-state index in [0.29, 0.717) is 5.69 Å². The van der Waals surface area contributed by atoms with E-state index < -0.39 is 0 Å². The van der Waals surface area contributed by atoms with Crippen LogP contribution in [0.3, 0.4) is 0 Å². The van der Waals surface area contributed by atoms with Crippen molar-refractivity contribution in [2.24, 2.45) is 0 Å². The van der Waals surface area contributed by atoms with Gasteiger partial charge in [0.15, 0.2) is 0 Å². The summed E-state index contributed by atoms with van der Waals surface area (Å²) >= 11 is 1.98. The van der Waals surface area contributed by atoms with E-state index in [1.807, 2.05) is 17.8 Å². The minimum absolute atomic E-state index is 0.168. The molecular weight excluding hydrogens is 247 g/mol. The predicted octanol–water partition coefficient (Wildman–Crippen LogP) is 3.07. The van der Waals surface area contributed by atoms with Gasteiger partial charge in [0.25, 0.3) is 0 Å². The third kappa shape index (κ3) is 3.89. The normalized spacial score (nSPS) is 17.9. The fourth-order valence-corrected chi connectivity index (χ4v) is 3.00. The Kier molecular flexibility index (Phi) is 5.32. The zero-order valence-electron chi connectivity index (χ0n) is 10.9. The number of rotatable bonds is 5. The van der Waals surface area contributed by atoms with Crippen molar-refractivity contribution in [1.82, 2.24) is 4.90 Å². The molecule has 100 valence electrons. The topological polar surface area (TPSA) is 15.3 Å². The van der Waals surface area contributed by atoms with Gasteiger partial charge in [0.05, 0.1) is 5.69 Å². The lowest BCUT2D eigenvalue weighted by molar-refractivity contribution is 0.241. The van der Waals surface area contributed by atoms with Crippen LogP contribution in [0.1, 0.15) is 12.8 Å². The van der Waals surface area contributed by atoms with Crippen molar-refractivity contribution in [1.29, 1.82) is 0 Å². The second kappa shape index (κ2) is 7.00.